The van der Waals surface area contributed by atoms with Gasteiger partial charge < -0.3 is 5.73 Å². The Bertz CT molecular complexity index is 323. The summed E-state index contributed by atoms with van der Waals surface area (Å²) in [6.07, 6.45) is 5.06. The second-order valence-electron chi connectivity index (χ2n) is 5.11. The molecular weight excluding hydrogens is 228 g/mol. The van der Waals surface area contributed by atoms with Crippen molar-refractivity contribution in [3.8, 4) is 0 Å². The molecule has 0 saturated carbocycles. The van der Waals surface area contributed by atoms with Gasteiger partial charge in [0.15, 0.2) is 0 Å². The molecule has 1 aliphatic heterocycles. The molecule has 0 aliphatic carbocycles. The highest BCUT2D eigenvalue weighted by Gasteiger charge is 2.31. The average molecular weight is 252 g/mol. The van der Waals surface area contributed by atoms with Gasteiger partial charge in [0.1, 0.15) is 0 Å². The van der Waals surface area contributed by atoms with E-state index in [1.165, 1.54) is 30.7 Å². The molecule has 1 aliphatic rings. The number of thiophene rings is 1. The molecule has 0 bridgehead atoms. The van der Waals surface area contributed by atoms with Crippen LogP contribution in [-0.2, 0) is 0 Å². The van der Waals surface area contributed by atoms with E-state index in [2.05, 4.69) is 36.3 Å². The summed E-state index contributed by atoms with van der Waals surface area (Å²) < 4.78 is 0. The first kappa shape index (κ1) is 13.1. The van der Waals surface area contributed by atoms with Gasteiger partial charge in [0, 0.05) is 17.0 Å². The highest BCUT2D eigenvalue weighted by molar-refractivity contribution is 7.10. The normalized spacial score (nSPS) is 25.7. The van der Waals surface area contributed by atoms with Gasteiger partial charge in [-0.1, -0.05) is 19.4 Å². The van der Waals surface area contributed by atoms with Crippen LogP contribution in [0, 0.1) is 0 Å². The Labute approximate surface area is 109 Å². The van der Waals surface area contributed by atoms with Crippen molar-refractivity contribution in [2.75, 3.05) is 6.54 Å². The molecule has 2 rings (SSSR count). The fourth-order valence-corrected chi connectivity index (χ4v) is 3.76. The zero-order valence-electron chi connectivity index (χ0n) is 10.9. The van der Waals surface area contributed by atoms with Crippen molar-refractivity contribution in [1.82, 2.24) is 4.90 Å². The van der Waals surface area contributed by atoms with Crippen molar-refractivity contribution in [1.29, 1.82) is 0 Å². The second kappa shape index (κ2) is 5.98. The molecule has 2 N–H and O–H groups in total. The van der Waals surface area contributed by atoms with E-state index >= 15 is 0 Å². The molecule has 17 heavy (non-hydrogen) atoms. The van der Waals surface area contributed by atoms with Crippen LogP contribution in [-0.4, -0.2) is 23.5 Å². The standard InChI is InChI=1S/C14H24N2S/c1-3-12(15)14(13-8-6-10-17-13)16-9-5-4-7-11(16)2/h6,8,10-12,14H,3-5,7,9,15H2,1-2H3. The zero-order valence-corrected chi connectivity index (χ0v) is 11.7. The summed E-state index contributed by atoms with van der Waals surface area (Å²) in [5.74, 6) is 0. The molecule has 1 fully saturated rings. The molecule has 1 saturated heterocycles. The maximum Gasteiger partial charge on any atom is 0.0595 e. The van der Waals surface area contributed by atoms with Crippen LogP contribution in [0.4, 0.5) is 0 Å². The molecular formula is C14H24N2S. The Kier molecular flexibility index (Phi) is 4.60. The van der Waals surface area contributed by atoms with Gasteiger partial charge >= 0.3 is 0 Å². The van der Waals surface area contributed by atoms with Crippen LogP contribution in [0.1, 0.15) is 50.4 Å². The molecule has 3 unspecified atom stereocenters. The van der Waals surface area contributed by atoms with Gasteiger partial charge in [0.25, 0.3) is 0 Å². The summed E-state index contributed by atoms with van der Waals surface area (Å²) >= 11 is 1.85. The van der Waals surface area contributed by atoms with E-state index in [4.69, 9.17) is 5.73 Å². The van der Waals surface area contributed by atoms with Crippen LogP contribution in [0.5, 0.6) is 0 Å². The molecule has 1 aromatic heterocycles. The number of piperidine rings is 1. The highest BCUT2D eigenvalue weighted by Crippen LogP contribution is 2.33. The Hall–Kier alpha value is -0.380. The fourth-order valence-electron chi connectivity index (χ4n) is 2.84. The van der Waals surface area contributed by atoms with Crippen molar-refractivity contribution >= 4 is 11.3 Å². The van der Waals surface area contributed by atoms with Gasteiger partial charge in [-0.05, 0) is 44.2 Å². The third kappa shape index (κ3) is 2.90. The minimum atomic E-state index is 0.259. The third-order valence-electron chi connectivity index (χ3n) is 3.92. The van der Waals surface area contributed by atoms with E-state index < -0.39 is 0 Å². The molecule has 3 atom stereocenters. The molecule has 0 radical (unpaired) electrons. The van der Waals surface area contributed by atoms with Gasteiger partial charge in [0.2, 0.25) is 0 Å². The Morgan fingerprint density at radius 1 is 1.53 bits per heavy atom. The van der Waals surface area contributed by atoms with E-state index in [1.807, 2.05) is 11.3 Å². The Morgan fingerprint density at radius 2 is 2.35 bits per heavy atom. The lowest BCUT2D eigenvalue weighted by molar-refractivity contribution is 0.0900. The first-order chi connectivity index (χ1) is 8.24. The van der Waals surface area contributed by atoms with Crippen LogP contribution in [0.15, 0.2) is 17.5 Å². The van der Waals surface area contributed by atoms with Gasteiger partial charge in [-0.15, -0.1) is 11.3 Å². The van der Waals surface area contributed by atoms with E-state index in [1.54, 1.807) is 0 Å². The SMILES string of the molecule is CCC(N)C(c1cccs1)N1CCCCC1C. The van der Waals surface area contributed by atoms with Gasteiger partial charge in [-0.25, -0.2) is 0 Å². The highest BCUT2D eigenvalue weighted by atomic mass is 32.1. The van der Waals surface area contributed by atoms with Crippen LogP contribution >= 0.6 is 11.3 Å². The van der Waals surface area contributed by atoms with Gasteiger partial charge in [-0.2, -0.15) is 0 Å². The van der Waals surface area contributed by atoms with Crippen LogP contribution in [0.3, 0.4) is 0 Å². The molecule has 0 aromatic carbocycles. The lowest BCUT2D eigenvalue weighted by Crippen LogP contribution is -2.47. The molecule has 1 aromatic rings. The smallest absolute Gasteiger partial charge is 0.0595 e. The molecule has 2 heterocycles. The predicted molar refractivity (Wildman–Crippen MR) is 75.3 cm³/mol. The summed E-state index contributed by atoms with van der Waals surface area (Å²) in [7, 11) is 0. The van der Waals surface area contributed by atoms with E-state index in [-0.39, 0.29) is 6.04 Å². The lowest BCUT2D eigenvalue weighted by atomic mass is 9.96. The summed E-state index contributed by atoms with van der Waals surface area (Å²) in [5.41, 5.74) is 6.37. The minimum Gasteiger partial charge on any atom is -0.326 e. The van der Waals surface area contributed by atoms with Gasteiger partial charge in [-0.3, -0.25) is 4.90 Å². The summed E-state index contributed by atoms with van der Waals surface area (Å²) in [6, 6.07) is 5.74. The van der Waals surface area contributed by atoms with E-state index in [0.717, 1.165) is 6.42 Å². The average Bonchev–Trinajstić information content (AvgIpc) is 2.85. The number of hydrogen-bond acceptors (Lipinski definition) is 3. The molecule has 0 spiro atoms. The van der Waals surface area contributed by atoms with Crippen molar-refractivity contribution < 1.29 is 0 Å². The fraction of sp³-hybridized carbons (Fsp3) is 0.714. The predicted octanol–water partition coefficient (Wildman–Crippen LogP) is 3.40. The maximum atomic E-state index is 6.37. The number of rotatable bonds is 4. The number of nitrogens with zero attached hydrogens (tertiary/aromatic N) is 1. The second-order valence-corrected chi connectivity index (χ2v) is 6.09. The quantitative estimate of drug-likeness (QED) is 0.890. The van der Waals surface area contributed by atoms with Crippen molar-refractivity contribution in [3.63, 3.8) is 0 Å². The monoisotopic (exact) mass is 252 g/mol. The zero-order chi connectivity index (χ0) is 12.3. The van der Waals surface area contributed by atoms with Crippen LogP contribution < -0.4 is 5.73 Å². The maximum absolute atomic E-state index is 6.37. The van der Waals surface area contributed by atoms with Crippen LogP contribution in [0.2, 0.25) is 0 Å². The first-order valence-electron chi connectivity index (χ1n) is 6.78. The first-order valence-corrected chi connectivity index (χ1v) is 7.66. The topological polar surface area (TPSA) is 29.3 Å². The Morgan fingerprint density at radius 3 is 2.94 bits per heavy atom. The van der Waals surface area contributed by atoms with Crippen molar-refractivity contribution in [2.24, 2.45) is 5.73 Å². The van der Waals surface area contributed by atoms with Crippen molar-refractivity contribution in [2.45, 2.75) is 57.7 Å². The third-order valence-corrected chi connectivity index (χ3v) is 4.87. The van der Waals surface area contributed by atoms with E-state index in [0.29, 0.717) is 12.1 Å². The molecule has 3 heteroatoms. The largest absolute Gasteiger partial charge is 0.326 e. The number of likely N-dealkylation sites (tertiary alicyclic amines) is 1. The van der Waals surface area contributed by atoms with E-state index in [9.17, 15) is 0 Å². The molecule has 96 valence electrons. The summed E-state index contributed by atoms with van der Waals surface area (Å²) in [5, 5.41) is 2.17. The summed E-state index contributed by atoms with van der Waals surface area (Å²) in [6.45, 7) is 5.75. The van der Waals surface area contributed by atoms with Crippen LogP contribution in [0.25, 0.3) is 0 Å². The Balaban J connectivity index is 2.20. The number of nitrogens with two attached hydrogens (primary N) is 1. The number of hydrogen-bond donors (Lipinski definition) is 1. The van der Waals surface area contributed by atoms with Gasteiger partial charge in [0.05, 0.1) is 6.04 Å². The lowest BCUT2D eigenvalue weighted by Gasteiger charge is -2.41. The summed E-state index contributed by atoms with van der Waals surface area (Å²) in [4.78, 5) is 4.07. The molecule has 2 nitrogen and oxygen atoms in total. The minimum absolute atomic E-state index is 0.259. The molecule has 0 amide bonds. The van der Waals surface area contributed by atoms with Crippen molar-refractivity contribution in [3.05, 3.63) is 22.4 Å².